The number of nitrogens with zero attached hydrogens (tertiary/aromatic N) is 2. The Kier molecular flexibility index (Phi) is 10.3. The Balaban J connectivity index is 1.47. The fourth-order valence-corrected chi connectivity index (χ4v) is 2.24. The van der Waals surface area contributed by atoms with Crippen molar-refractivity contribution < 1.29 is 43.1 Å². The van der Waals surface area contributed by atoms with Crippen molar-refractivity contribution in [3.05, 3.63) is 68.8 Å². The molecule has 2 aromatic rings. The number of ether oxygens (including phenoxy) is 5. The first-order chi connectivity index (χ1) is 15.8. The predicted molar refractivity (Wildman–Crippen MR) is 110 cm³/mol. The molecule has 2 aromatic carbocycles. The van der Waals surface area contributed by atoms with E-state index in [1.165, 1.54) is 48.5 Å². The normalized spacial score (nSPS) is 10.4. The van der Waals surface area contributed by atoms with Crippen molar-refractivity contribution >= 4 is 23.3 Å². The van der Waals surface area contributed by atoms with Crippen molar-refractivity contribution in [2.24, 2.45) is 0 Å². The summed E-state index contributed by atoms with van der Waals surface area (Å²) in [4.78, 5) is 43.3. The Bertz CT molecular complexity index is 868. The Morgan fingerprint density at radius 3 is 1.27 bits per heavy atom. The average Bonchev–Trinajstić information content (AvgIpc) is 2.78. The minimum Gasteiger partial charge on any atom is -0.425 e. The molecule has 2 rings (SSSR count). The van der Waals surface area contributed by atoms with Gasteiger partial charge >= 0.3 is 11.9 Å². The van der Waals surface area contributed by atoms with E-state index < -0.39 is 21.8 Å². The summed E-state index contributed by atoms with van der Waals surface area (Å²) in [7, 11) is 0. The molecule has 0 amide bonds. The summed E-state index contributed by atoms with van der Waals surface area (Å²) in [6.07, 6.45) is 0. The number of benzene rings is 2. The molecule has 33 heavy (non-hydrogen) atoms. The zero-order valence-corrected chi connectivity index (χ0v) is 17.2. The minimum atomic E-state index is -0.668. The smallest absolute Gasteiger partial charge is 0.337 e. The van der Waals surface area contributed by atoms with Crippen LogP contribution in [0.1, 0.15) is 0 Å². The van der Waals surface area contributed by atoms with Gasteiger partial charge in [-0.3, -0.25) is 20.2 Å². The molecule has 0 aliphatic heterocycles. The second-order valence-electron chi connectivity index (χ2n) is 6.17. The molecule has 0 aliphatic carbocycles. The molecule has 13 nitrogen and oxygen atoms in total. The van der Waals surface area contributed by atoms with Crippen molar-refractivity contribution in [1.29, 1.82) is 0 Å². The van der Waals surface area contributed by atoms with E-state index >= 15 is 0 Å². The average molecular weight is 464 g/mol. The number of rotatable bonds is 14. The number of carbonyl (C=O) groups is 2. The number of non-ortho nitro benzene ring substituents is 2. The van der Waals surface area contributed by atoms with Gasteiger partial charge in [0.1, 0.15) is 24.7 Å². The van der Waals surface area contributed by atoms with Gasteiger partial charge in [-0.25, -0.2) is 9.59 Å². The molecule has 0 atom stereocenters. The van der Waals surface area contributed by atoms with E-state index in [-0.39, 0.29) is 62.5 Å². The van der Waals surface area contributed by atoms with E-state index in [2.05, 4.69) is 0 Å². The standard InChI is InChI=1S/C20H20N2O11/c23-19(32-17-5-1-15(2-6-17)21(25)26)13-30-11-9-29-10-12-31-14-20(24)33-18-7-3-16(4-8-18)22(27)28/h1-8H,9-14H2. The van der Waals surface area contributed by atoms with Crippen LogP contribution in [0.3, 0.4) is 0 Å². The lowest BCUT2D eigenvalue weighted by Gasteiger charge is -2.07. The van der Waals surface area contributed by atoms with Gasteiger partial charge in [-0.1, -0.05) is 0 Å². The summed E-state index contributed by atoms with van der Waals surface area (Å²) < 4.78 is 25.4. The van der Waals surface area contributed by atoms with Crippen molar-refractivity contribution in [2.45, 2.75) is 0 Å². The number of carbonyl (C=O) groups excluding carboxylic acids is 2. The first-order valence-corrected chi connectivity index (χ1v) is 9.48. The topological polar surface area (TPSA) is 167 Å². The minimum absolute atomic E-state index is 0.109. The van der Waals surface area contributed by atoms with Crippen molar-refractivity contribution in [2.75, 3.05) is 39.6 Å². The van der Waals surface area contributed by atoms with Gasteiger partial charge in [-0.15, -0.1) is 0 Å². The molecule has 176 valence electrons. The molecule has 0 unspecified atom stereocenters. The summed E-state index contributed by atoms with van der Waals surface area (Å²) in [5.74, 6) is -1.01. The number of nitro groups is 2. The molecule has 0 heterocycles. The van der Waals surface area contributed by atoms with Crippen LogP contribution in [-0.2, 0) is 23.8 Å². The molecule has 0 radical (unpaired) electrons. The summed E-state index contributed by atoms with van der Waals surface area (Å²) in [6.45, 7) is -0.103. The third-order valence-corrected chi connectivity index (χ3v) is 3.74. The number of hydrogen-bond donors (Lipinski definition) is 0. The highest BCUT2D eigenvalue weighted by molar-refractivity contribution is 5.74. The van der Waals surface area contributed by atoms with Crippen LogP contribution in [0.15, 0.2) is 48.5 Å². The van der Waals surface area contributed by atoms with Crippen LogP contribution in [0.25, 0.3) is 0 Å². The Morgan fingerprint density at radius 2 is 0.939 bits per heavy atom. The van der Waals surface area contributed by atoms with Gasteiger partial charge in [0.2, 0.25) is 0 Å². The fraction of sp³-hybridized carbons (Fsp3) is 0.300. The largest absolute Gasteiger partial charge is 0.425 e. The molecule has 13 heteroatoms. The quantitative estimate of drug-likeness (QED) is 0.132. The number of hydrogen-bond acceptors (Lipinski definition) is 11. The highest BCUT2D eigenvalue weighted by Gasteiger charge is 2.10. The highest BCUT2D eigenvalue weighted by Crippen LogP contribution is 2.18. The van der Waals surface area contributed by atoms with E-state index in [4.69, 9.17) is 23.7 Å². The highest BCUT2D eigenvalue weighted by atomic mass is 16.6. The van der Waals surface area contributed by atoms with E-state index in [1.54, 1.807) is 0 Å². The predicted octanol–water partition coefficient (Wildman–Crippen LogP) is 2.06. The zero-order chi connectivity index (χ0) is 24.1. The van der Waals surface area contributed by atoms with Crippen molar-refractivity contribution in [1.82, 2.24) is 0 Å². The van der Waals surface area contributed by atoms with E-state index in [0.717, 1.165) is 0 Å². The summed E-state index contributed by atoms with van der Waals surface area (Å²) >= 11 is 0. The van der Waals surface area contributed by atoms with Crippen LogP contribution < -0.4 is 9.47 Å². The van der Waals surface area contributed by atoms with E-state index in [0.29, 0.717) is 0 Å². The monoisotopic (exact) mass is 464 g/mol. The molecule has 0 aromatic heterocycles. The molecule has 0 fully saturated rings. The van der Waals surface area contributed by atoms with Crippen LogP contribution in [0.5, 0.6) is 11.5 Å². The van der Waals surface area contributed by atoms with Crippen LogP contribution in [-0.4, -0.2) is 61.4 Å². The number of nitro benzene ring substituents is 2. The number of esters is 2. The van der Waals surface area contributed by atoms with E-state index in [1.807, 2.05) is 0 Å². The van der Waals surface area contributed by atoms with Crippen LogP contribution in [0.2, 0.25) is 0 Å². The lowest BCUT2D eigenvalue weighted by Crippen LogP contribution is -2.19. The van der Waals surface area contributed by atoms with Gasteiger partial charge in [0.25, 0.3) is 11.4 Å². The van der Waals surface area contributed by atoms with Gasteiger partial charge in [-0.05, 0) is 24.3 Å². The second kappa shape index (κ2) is 13.5. The maximum Gasteiger partial charge on any atom is 0.337 e. The molecule has 0 aliphatic rings. The molecule has 0 bridgehead atoms. The molecular formula is C20H20N2O11. The lowest BCUT2D eigenvalue weighted by atomic mass is 10.3. The second-order valence-corrected chi connectivity index (χ2v) is 6.17. The third-order valence-electron chi connectivity index (χ3n) is 3.74. The summed E-state index contributed by atoms with van der Waals surface area (Å²) in [6, 6.07) is 10.1. The van der Waals surface area contributed by atoms with Gasteiger partial charge in [0.15, 0.2) is 0 Å². The molecule has 0 N–H and O–H groups in total. The SMILES string of the molecule is O=C(COCCOCCOCC(=O)Oc1ccc([N+](=O)[O-])cc1)Oc1ccc([N+](=O)[O-])cc1. The lowest BCUT2D eigenvalue weighted by molar-refractivity contribution is -0.385. The van der Waals surface area contributed by atoms with Gasteiger partial charge in [0.05, 0.1) is 36.3 Å². The van der Waals surface area contributed by atoms with E-state index in [9.17, 15) is 29.8 Å². The maximum atomic E-state index is 11.6. The summed E-state index contributed by atoms with van der Waals surface area (Å²) in [5.41, 5.74) is -0.234. The Morgan fingerprint density at radius 1 is 0.606 bits per heavy atom. The Labute approximate surface area is 187 Å². The first kappa shape index (κ1) is 25.3. The van der Waals surface area contributed by atoms with Gasteiger partial charge in [0, 0.05) is 24.3 Å². The van der Waals surface area contributed by atoms with Gasteiger partial charge in [-0.2, -0.15) is 0 Å². The van der Waals surface area contributed by atoms with Crippen LogP contribution in [0.4, 0.5) is 11.4 Å². The molecule has 0 saturated carbocycles. The van der Waals surface area contributed by atoms with Crippen LogP contribution >= 0.6 is 0 Å². The van der Waals surface area contributed by atoms with Crippen LogP contribution in [0, 0.1) is 20.2 Å². The van der Waals surface area contributed by atoms with Crippen molar-refractivity contribution in [3.63, 3.8) is 0 Å². The van der Waals surface area contributed by atoms with Gasteiger partial charge < -0.3 is 23.7 Å². The van der Waals surface area contributed by atoms with Crippen molar-refractivity contribution in [3.8, 4) is 11.5 Å². The summed E-state index contributed by atoms with van der Waals surface area (Å²) in [5, 5.41) is 21.1. The fourth-order valence-electron chi connectivity index (χ4n) is 2.24. The molecule has 0 saturated heterocycles. The first-order valence-electron chi connectivity index (χ1n) is 9.48. The third kappa shape index (κ3) is 9.82. The Hall–Kier alpha value is -3.94. The zero-order valence-electron chi connectivity index (χ0n) is 17.2. The maximum absolute atomic E-state index is 11.6. The molecular weight excluding hydrogens is 444 g/mol. The molecule has 0 spiro atoms.